The number of carbonyl (C=O) groups is 1. The molecule has 0 saturated heterocycles. The average molecular weight is 414 g/mol. The number of anilines is 1. The molecule has 0 saturated carbocycles. The molecule has 1 N–H and O–H groups in total. The van der Waals surface area contributed by atoms with E-state index >= 15 is 0 Å². The van der Waals surface area contributed by atoms with E-state index < -0.39 is 0 Å². The molecule has 1 amide bonds. The summed E-state index contributed by atoms with van der Waals surface area (Å²) in [6.45, 7) is 0.573. The van der Waals surface area contributed by atoms with E-state index in [0.29, 0.717) is 41.0 Å². The molecule has 0 aliphatic carbocycles. The lowest BCUT2D eigenvalue weighted by molar-refractivity contribution is -0.111. The van der Waals surface area contributed by atoms with Crippen molar-refractivity contribution in [1.82, 2.24) is 4.98 Å². The zero-order chi connectivity index (χ0) is 21.0. The monoisotopic (exact) mass is 414 g/mol. The highest BCUT2D eigenvalue weighted by atomic mass is 16.7. The molecule has 2 heterocycles. The Hall–Kier alpha value is -4.26. The Morgan fingerprint density at radius 2 is 1.94 bits per heavy atom. The minimum atomic E-state index is -0.281. The summed E-state index contributed by atoms with van der Waals surface area (Å²) in [5, 5.41) is 2.83. The van der Waals surface area contributed by atoms with Crippen LogP contribution in [0.2, 0.25) is 0 Å². The molecule has 31 heavy (non-hydrogen) atoms. The minimum Gasteiger partial charge on any atom is -0.489 e. The van der Waals surface area contributed by atoms with Gasteiger partial charge < -0.3 is 23.9 Å². The van der Waals surface area contributed by atoms with Crippen LogP contribution in [-0.4, -0.2) is 17.7 Å². The summed E-state index contributed by atoms with van der Waals surface area (Å²) in [5.74, 6) is 2.16. The fraction of sp³-hybridized carbons (Fsp3) is 0.0833. The first-order valence-corrected chi connectivity index (χ1v) is 9.69. The second-order valence-corrected chi connectivity index (χ2v) is 6.85. The van der Waals surface area contributed by atoms with Crippen molar-refractivity contribution in [2.75, 3.05) is 12.1 Å². The van der Waals surface area contributed by atoms with Crippen molar-refractivity contribution < 1.29 is 23.4 Å². The average Bonchev–Trinajstić information content (AvgIpc) is 3.42. The van der Waals surface area contributed by atoms with E-state index in [9.17, 15) is 4.79 Å². The Morgan fingerprint density at radius 1 is 1.03 bits per heavy atom. The summed E-state index contributed by atoms with van der Waals surface area (Å²) in [6, 6.07) is 20.3. The first-order chi connectivity index (χ1) is 15.2. The van der Waals surface area contributed by atoms with Gasteiger partial charge in [0.25, 0.3) is 0 Å². The standard InChI is InChI=1S/C24H18N2O5/c27-23(10-11-24-26-19-6-1-2-7-20(19)31-24)25-17-5-3-4-16(12-17)14-28-18-8-9-21-22(13-18)30-15-29-21/h1-13H,14-15H2,(H,25,27)/b11-10+. The van der Waals surface area contributed by atoms with E-state index in [1.54, 1.807) is 12.1 Å². The van der Waals surface area contributed by atoms with E-state index in [1.807, 2.05) is 60.7 Å². The number of hydrogen-bond acceptors (Lipinski definition) is 6. The van der Waals surface area contributed by atoms with Crippen LogP contribution in [0.3, 0.4) is 0 Å². The van der Waals surface area contributed by atoms with Gasteiger partial charge in [0.15, 0.2) is 17.1 Å². The van der Waals surface area contributed by atoms with Crippen molar-refractivity contribution in [1.29, 1.82) is 0 Å². The fourth-order valence-electron chi connectivity index (χ4n) is 3.16. The molecule has 1 aliphatic rings. The Labute approximate surface area is 177 Å². The third-order valence-electron chi connectivity index (χ3n) is 4.63. The molecule has 0 bridgehead atoms. The number of oxazole rings is 1. The molecule has 3 aromatic carbocycles. The maximum Gasteiger partial charge on any atom is 0.248 e. The summed E-state index contributed by atoms with van der Waals surface area (Å²) in [5.41, 5.74) is 3.01. The number of ether oxygens (including phenoxy) is 3. The number of benzene rings is 3. The number of fused-ring (bicyclic) bond motifs is 2. The van der Waals surface area contributed by atoms with Gasteiger partial charge in [0.1, 0.15) is 17.9 Å². The molecule has 1 aromatic heterocycles. The molecule has 7 heteroatoms. The van der Waals surface area contributed by atoms with Crippen molar-refractivity contribution in [3.63, 3.8) is 0 Å². The summed E-state index contributed by atoms with van der Waals surface area (Å²) in [6.07, 6.45) is 2.93. The van der Waals surface area contributed by atoms with Gasteiger partial charge >= 0.3 is 0 Å². The molecule has 0 spiro atoms. The van der Waals surface area contributed by atoms with Crippen molar-refractivity contribution >= 4 is 28.8 Å². The fourth-order valence-corrected chi connectivity index (χ4v) is 3.16. The summed E-state index contributed by atoms with van der Waals surface area (Å²) < 4.78 is 22.1. The van der Waals surface area contributed by atoms with Crippen LogP contribution in [0.5, 0.6) is 17.2 Å². The van der Waals surface area contributed by atoms with E-state index in [0.717, 1.165) is 11.1 Å². The number of aromatic nitrogens is 1. The first-order valence-electron chi connectivity index (χ1n) is 9.69. The van der Waals surface area contributed by atoms with Gasteiger partial charge in [0.05, 0.1) is 0 Å². The molecule has 7 nitrogen and oxygen atoms in total. The van der Waals surface area contributed by atoms with Crippen molar-refractivity contribution in [3.05, 3.63) is 84.3 Å². The normalized spacial score (nSPS) is 12.4. The number of nitrogens with zero attached hydrogens (tertiary/aromatic N) is 1. The van der Waals surface area contributed by atoms with Crippen LogP contribution in [-0.2, 0) is 11.4 Å². The van der Waals surface area contributed by atoms with Crippen LogP contribution in [0, 0.1) is 0 Å². The molecular formula is C24H18N2O5. The van der Waals surface area contributed by atoms with Gasteiger partial charge in [-0.3, -0.25) is 4.79 Å². The maximum absolute atomic E-state index is 12.3. The molecule has 0 unspecified atom stereocenters. The van der Waals surface area contributed by atoms with Crippen molar-refractivity contribution in [3.8, 4) is 17.2 Å². The number of nitrogens with one attached hydrogen (secondary N) is 1. The minimum absolute atomic E-state index is 0.224. The topological polar surface area (TPSA) is 82.8 Å². The molecule has 0 atom stereocenters. The zero-order valence-corrected chi connectivity index (χ0v) is 16.4. The Kier molecular flexibility index (Phi) is 4.98. The van der Waals surface area contributed by atoms with Gasteiger partial charge in [-0.1, -0.05) is 24.3 Å². The van der Waals surface area contributed by atoms with Gasteiger partial charge in [-0.25, -0.2) is 4.98 Å². The SMILES string of the molecule is O=C(/C=C/c1nc2ccccc2o1)Nc1cccc(COc2ccc3c(c2)OCO3)c1. The summed E-state index contributed by atoms with van der Waals surface area (Å²) >= 11 is 0. The largest absolute Gasteiger partial charge is 0.489 e. The highest BCUT2D eigenvalue weighted by molar-refractivity contribution is 6.01. The Bertz CT molecular complexity index is 1240. The molecule has 5 rings (SSSR count). The van der Waals surface area contributed by atoms with Gasteiger partial charge in [-0.05, 0) is 42.0 Å². The molecule has 4 aromatic rings. The number of para-hydroxylation sites is 2. The van der Waals surface area contributed by atoms with Crippen molar-refractivity contribution in [2.45, 2.75) is 6.61 Å². The van der Waals surface area contributed by atoms with Crippen LogP contribution in [0.15, 0.2) is 77.2 Å². The highest BCUT2D eigenvalue weighted by Crippen LogP contribution is 2.35. The number of carbonyl (C=O) groups excluding carboxylic acids is 1. The van der Waals surface area contributed by atoms with Gasteiger partial charge in [-0.2, -0.15) is 0 Å². The van der Waals surface area contributed by atoms with Crippen molar-refractivity contribution in [2.24, 2.45) is 0 Å². The van der Waals surface area contributed by atoms with E-state index in [1.165, 1.54) is 6.08 Å². The lowest BCUT2D eigenvalue weighted by atomic mass is 10.2. The van der Waals surface area contributed by atoms with Crippen LogP contribution in [0.1, 0.15) is 11.5 Å². The number of amides is 1. The lowest BCUT2D eigenvalue weighted by Crippen LogP contribution is -2.08. The summed E-state index contributed by atoms with van der Waals surface area (Å²) in [7, 11) is 0. The maximum atomic E-state index is 12.3. The predicted octanol–water partition coefficient (Wildman–Crippen LogP) is 4.79. The van der Waals surface area contributed by atoms with Gasteiger partial charge in [0.2, 0.25) is 18.6 Å². The zero-order valence-electron chi connectivity index (χ0n) is 16.4. The van der Waals surface area contributed by atoms with E-state index in [2.05, 4.69) is 10.3 Å². The molecule has 0 fully saturated rings. The van der Waals surface area contributed by atoms with Crippen LogP contribution >= 0.6 is 0 Å². The molecule has 0 radical (unpaired) electrons. The highest BCUT2D eigenvalue weighted by Gasteiger charge is 2.13. The van der Waals surface area contributed by atoms with Gasteiger partial charge in [0, 0.05) is 23.9 Å². The quantitative estimate of drug-likeness (QED) is 0.457. The van der Waals surface area contributed by atoms with E-state index in [4.69, 9.17) is 18.6 Å². The summed E-state index contributed by atoms with van der Waals surface area (Å²) in [4.78, 5) is 16.6. The second kappa shape index (κ2) is 8.23. The molecule has 154 valence electrons. The smallest absolute Gasteiger partial charge is 0.248 e. The lowest BCUT2D eigenvalue weighted by Gasteiger charge is -2.09. The van der Waals surface area contributed by atoms with Gasteiger partial charge in [-0.15, -0.1) is 0 Å². The van der Waals surface area contributed by atoms with Crippen LogP contribution in [0.25, 0.3) is 17.2 Å². The number of rotatable bonds is 6. The third kappa shape index (κ3) is 4.35. The van der Waals surface area contributed by atoms with E-state index in [-0.39, 0.29) is 12.7 Å². The van der Waals surface area contributed by atoms with Crippen LogP contribution in [0.4, 0.5) is 5.69 Å². The molecular weight excluding hydrogens is 396 g/mol. The second-order valence-electron chi connectivity index (χ2n) is 6.85. The Morgan fingerprint density at radius 3 is 2.87 bits per heavy atom. The number of hydrogen-bond donors (Lipinski definition) is 1. The molecule has 1 aliphatic heterocycles. The first kappa shape index (κ1) is 18.7. The third-order valence-corrected chi connectivity index (χ3v) is 4.63. The van der Waals surface area contributed by atoms with Crippen LogP contribution < -0.4 is 19.5 Å². The Balaban J connectivity index is 1.20. The predicted molar refractivity (Wildman–Crippen MR) is 115 cm³/mol.